The molecule has 0 fully saturated rings. The fraction of sp³-hybridized carbons (Fsp3) is 0.229. The van der Waals surface area contributed by atoms with Crippen LogP contribution in [0.1, 0.15) is 58.2 Å². The predicted octanol–water partition coefficient (Wildman–Crippen LogP) is 7.36. The second-order valence-corrected chi connectivity index (χ2v) is 10.2. The van der Waals surface area contributed by atoms with Crippen LogP contribution >= 0.6 is 0 Å². The van der Waals surface area contributed by atoms with Crippen LogP contribution in [0.5, 0.6) is 5.75 Å². The number of rotatable bonds is 11. The van der Waals surface area contributed by atoms with E-state index in [0.29, 0.717) is 35.5 Å². The van der Waals surface area contributed by atoms with E-state index in [1.165, 1.54) is 37.4 Å². The monoisotopic (exact) mass is 617 g/mol. The maximum absolute atomic E-state index is 13.5. The van der Waals surface area contributed by atoms with Crippen molar-refractivity contribution in [2.45, 2.75) is 32.5 Å². The number of nitrogens with one attached hydrogen (secondary N) is 2. The number of methoxy groups -OCH3 is 1. The Kier molecular flexibility index (Phi) is 10.6. The van der Waals surface area contributed by atoms with Gasteiger partial charge in [0.2, 0.25) is 5.91 Å². The van der Waals surface area contributed by atoms with Gasteiger partial charge in [0, 0.05) is 30.4 Å². The van der Waals surface area contributed by atoms with Gasteiger partial charge in [-0.25, -0.2) is 0 Å². The highest BCUT2D eigenvalue weighted by molar-refractivity contribution is 6.09. The minimum absolute atomic E-state index is 0.160. The van der Waals surface area contributed by atoms with E-state index in [-0.39, 0.29) is 22.8 Å². The van der Waals surface area contributed by atoms with Crippen molar-refractivity contribution in [2.75, 3.05) is 25.5 Å². The Morgan fingerprint density at radius 2 is 1.49 bits per heavy atom. The van der Waals surface area contributed by atoms with Gasteiger partial charge in [-0.2, -0.15) is 13.2 Å². The molecule has 4 aromatic rings. The number of hydrogen-bond acceptors (Lipinski definition) is 4. The zero-order chi connectivity index (χ0) is 32.6. The van der Waals surface area contributed by atoms with Gasteiger partial charge < -0.3 is 20.3 Å². The normalized spacial score (nSPS) is 11.8. The van der Waals surface area contributed by atoms with E-state index >= 15 is 0 Å². The van der Waals surface area contributed by atoms with Gasteiger partial charge in [0.1, 0.15) is 11.8 Å². The Morgan fingerprint density at radius 1 is 0.822 bits per heavy atom. The van der Waals surface area contributed by atoms with E-state index < -0.39 is 29.6 Å². The Morgan fingerprint density at radius 3 is 2.11 bits per heavy atom. The molecule has 4 aromatic carbocycles. The Hall–Kier alpha value is -5.12. The number of nitrogens with zero attached hydrogens (tertiary/aromatic N) is 1. The molecule has 0 bridgehead atoms. The third-order valence-electron chi connectivity index (χ3n) is 7.24. The smallest absolute Gasteiger partial charge is 0.416 e. The van der Waals surface area contributed by atoms with Crippen LogP contribution in [0.3, 0.4) is 0 Å². The van der Waals surface area contributed by atoms with Crippen molar-refractivity contribution in [1.82, 2.24) is 10.2 Å². The van der Waals surface area contributed by atoms with Gasteiger partial charge in [0.15, 0.2) is 0 Å². The van der Waals surface area contributed by atoms with Crippen molar-refractivity contribution in [1.29, 1.82) is 0 Å². The Labute approximate surface area is 260 Å². The number of alkyl halides is 3. The number of likely N-dealkylation sites (N-methyl/N-ethyl adjacent to an activating group) is 1. The van der Waals surface area contributed by atoms with E-state index in [1.54, 1.807) is 53.4 Å². The van der Waals surface area contributed by atoms with Gasteiger partial charge in [-0.05, 0) is 60.4 Å². The van der Waals surface area contributed by atoms with Gasteiger partial charge in [-0.3, -0.25) is 14.4 Å². The van der Waals surface area contributed by atoms with Crippen molar-refractivity contribution in [3.05, 3.63) is 119 Å². The average molecular weight is 618 g/mol. The lowest BCUT2D eigenvalue weighted by molar-refractivity contribution is -0.137. The van der Waals surface area contributed by atoms with E-state index in [9.17, 15) is 27.6 Å². The summed E-state index contributed by atoms with van der Waals surface area (Å²) in [5.41, 5.74) is 1.48. The molecule has 1 atom stereocenters. The van der Waals surface area contributed by atoms with Crippen LogP contribution in [-0.2, 0) is 11.0 Å². The van der Waals surface area contributed by atoms with Gasteiger partial charge >= 0.3 is 6.18 Å². The molecule has 0 aliphatic carbocycles. The van der Waals surface area contributed by atoms with Crippen LogP contribution in [-0.4, -0.2) is 42.8 Å². The van der Waals surface area contributed by atoms with Gasteiger partial charge in [0.25, 0.3) is 11.8 Å². The number of hydrogen-bond donors (Lipinski definition) is 2. The summed E-state index contributed by atoms with van der Waals surface area (Å²) in [6, 6.07) is 23.7. The molecule has 0 saturated heterocycles. The molecule has 3 amide bonds. The van der Waals surface area contributed by atoms with Gasteiger partial charge in [-0.15, -0.1) is 0 Å². The van der Waals surface area contributed by atoms with E-state index in [2.05, 4.69) is 10.6 Å². The summed E-state index contributed by atoms with van der Waals surface area (Å²) in [4.78, 5) is 42.0. The Bertz CT molecular complexity index is 1640. The highest BCUT2D eigenvalue weighted by Gasteiger charge is 2.30. The molecule has 45 heavy (non-hydrogen) atoms. The van der Waals surface area contributed by atoms with Crippen molar-refractivity contribution < 1.29 is 32.3 Å². The maximum Gasteiger partial charge on any atom is 0.416 e. The average Bonchev–Trinajstić information content (AvgIpc) is 3.05. The molecule has 7 nitrogen and oxygen atoms in total. The first-order valence-corrected chi connectivity index (χ1v) is 14.5. The van der Waals surface area contributed by atoms with Crippen molar-refractivity contribution in [2.24, 2.45) is 0 Å². The summed E-state index contributed by atoms with van der Waals surface area (Å²) in [7, 11) is 1.39. The lowest BCUT2D eigenvalue weighted by Crippen LogP contribution is -2.43. The summed E-state index contributed by atoms with van der Waals surface area (Å²) in [5, 5.41) is 5.63. The minimum Gasteiger partial charge on any atom is -0.496 e. The highest BCUT2D eigenvalue weighted by atomic mass is 19.4. The molecule has 0 aliphatic rings. The second-order valence-electron chi connectivity index (χ2n) is 10.2. The highest BCUT2D eigenvalue weighted by Crippen LogP contribution is 2.32. The molecule has 0 unspecified atom stereocenters. The van der Waals surface area contributed by atoms with Crippen LogP contribution in [0.15, 0.2) is 97.1 Å². The quantitative estimate of drug-likeness (QED) is 0.184. The number of carbonyl (C=O) groups is 3. The number of amides is 3. The fourth-order valence-electron chi connectivity index (χ4n) is 4.95. The third kappa shape index (κ3) is 7.89. The molecule has 0 heterocycles. The molecule has 0 saturated carbocycles. The minimum atomic E-state index is -4.47. The zero-order valence-electron chi connectivity index (χ0n) is 25.2. The number of ether oxygens (including phenoxy) is 1. The van der Waals surface area contributed by atoms with Crippen molar-refractivity contribution in [3.63, 3.8) is 0 Å². The first-order valence-electron chi connectivity index (χ1n) is 14.5. The lowest BCUT2D eigenvalue weighted by Gasteiger charge is -2.27. The molecule has 10 heteroatoms. The van der Waals surface area contributed by atoms with Crippen LogP contribution in [0, 0.1) is 0 Å². The zero-order valence-corrected chi connectivity index (χ0v) is 25.2. The van der Waals surface area contributed by atoms with E-state index in [0.717, 1.165) is 18.6 Å². The molecule has 2 N–H and O–H groups in total. The number of carbonyl (C=O) groups excluding carboxylic acids is 3. The summed E-state index contributed by atoms with van der Waals surface area (Å²) in [6.07, 6.45) is -3.70. The maximum atomic E-state index is 13.5. The second kappa shape index (κ2) is 14.6. The summed E-state index contributed by atoms with van der Waals surface area (Å²) in [5.74, 6) is -1.10. The topological polar surface area (TPSA) is 87.7 Å². The SMILES string of the molecule is CCCN(CC)C(=O)[C@@H](NC(=O)c1ccc(NC(=O)c2ccccc2-c2ccc(C(F)(F)F)cc2)cc1OC)c1ccccc1. The number of anilines is 1. The van der Waals surface area contributed by atoms with Crippen LogP contribution in [0.2, 0.25) is 0 Å². The molecule has 4 rings (SSSR count). The van der Waals surface area contributed by atoms with Gasteiger partial charge in [0.05, 0.1) is 18.2 Å². The van der Waals surface area contributed by atoms with Crippen LogP contribution in [0.4, 0.5) is 18.9 Å². The molecule has 0 radical (unpaired) electrons. The van der Waals surface area contributed by atoms with E-state index in [1.807, 2.05) is 19.9 Å². The molecule has 0 spiro atoms. The Balaban J connectivity index is 1.56. The fourth-order valence-corrected chi connectivity index (χ4v) is 4.95. The first kappa shape index (κ1) is 32.8. The number of benzene rings is 4. The van der Waals surface area contributed by atoms with Crippen LogP contribution < -0.4 is 15.4 Å². The summed E-state index contributed by atoms with van der Waals surface area (Å²) < 4.78 is 44.6. The standard InChI is InChI=1S/C35H34F3N3O4/c1-4-21-41(5-2)34(44)31(24-11-7-6-8-12-24)40-33(43)29-20-19-26(22-30(29)45-3)39-32(42)28-14-10-9-13-27(28)23-15-17-25(18-16-23)35(36,37)38/h6-20,22,31H,4-5,21H2,1-3H3,(H,39,42)(H,40,43)/t31-/m0/s1. The third-order valence-corrected chi connectivity index (χ3v) is 7.24. The predicted molar refractivity (Wildman–Crippen MR) is 167 cm³/mol. The van der Waals surface area contributed by atoms with E-state index in [4.69, 9.17) is 4.74 Å². The molecule has 234 valence electrons. The molecular formula is C35H34F3N3O4. The first-order chi connectivity index (χ1) is 21.6. The van der Waals surface area contributed by atoms with Gasteiger partial charge in [-0.1, -0.05) is 67.6 Å². The largest absolute Gasteiger partial charge is 0.496 e. The summed E-state index contributed by atoms with van der Waals surface area (Å²) >= 11 is 0. The summed E-state index contributed by atoms with van der Waals surface area (Å²) in [6.45, 7) is 4.90. The molecule has 0 aromatic heterocycles. The molecule has 0 aliphatic heterocycles. The van der Waals surface area contributed by atoms with Crippen molar-refractivity contribution >= 4 is 23.4 Å². The van der Waals surface area contributed by atoms with Crippen LogP contribution in [0.25, 0.3) is 11.1 Å². The number of halogens is 3. The lowest BCUT2D eigenvalue weighted by atomic mass is 9.98. The van der Waals surface area contributed by atoms with Crippen molar-refractivity contribution in [3.8, 4) is 16.9 Å². The molecular weight excluding hydrogens is 583 g/mol.